The third-order valence-electron chi connectivity index (χ3n) is 6.32. The molecule has 0 bridgehead atoms. The van der Waals surface area contributed by atoms with E-state index in [-0.39, 0.29) is 23.8 Å². The standard InChI is InChI=1S/C28H31NO2/c1-21(23-10-4-2-5-11-23)29-28(30)27-15-9-8-14-26(27)24-18-16-22(17-19-24)20-31-25-12-6-3-7-13-25/h2-7,10-13,16-19,21,26-27H,8-9,14-15,20H2,1H3,(H,29,30)/t21-,26+,27-/m0/s1. The van der Waals surface area contributed by atoms with Crippen LogP contribution in [0.15, 0.2) is 84.9 Å². The summed E-state index contributed by atoms with van der Waals surface area (Å²) >= 11 is 0. The van der Waals surface area contributed by atoms with Gasteiger partial charge >= 0.3 is 0 Å². The van der Waals surface area contributed by atoms with Crippen LogP contribution in [0.3, 0.4) is 0 Å². The molecule has 1 fully saturated rings. The van der Waals surface area contributed by atoms with Crippen LogP contribution in [0.5, 0.6) is 5.75 Å². The van der Waals surface area contributed by atoms with Gasteiger partial charge in [-0.2, -0.15) is 0 Å². The molecule has 0 aliphatic heterocycles. The van der Waals surface area contributed by atoms with Crippen molar-refractivity contribution in [1.29, 1.82) is 0 Å². The summed E-state index contributed by atoms with van der Waals surface area (Å²) in [7, 11) is 0. The Hall–Kier alpha value is -3.07. The molecule has 1 N–H and O–H groups in total. The van der Waals surface area contributed by atoms with Crippen LogP contribution in [-0.4, -0.2) is 5.91 Å². The molecule has 4 rings (SSSR count). The van der Waals surface area contributed by atoms with Crippen LogP contribution in [0, 0.1) is 5.92 Å². The fraction of sp³-hybridized carbons (Fsp3) is 0.321. The van der Waals surface area contributed by atoms with E-state index in [2.05, 4.69) is 48.6 Å². The number of benzene rings is 3. The van der Waals surface area contributed by atoms with E-state index >= 15 is 0 Å². The zero-order chi connectivity index (χ0) is 21.5. The van der Waals surface area contributed by atoms with Gasteiger partial charge in [-0.3, -0.25) is 4.79 Å². The van der Waals surface area contributed by atoms with Gasteiger partial charge in [-0.1, -0.05) is 85.6 Å². The van der Waals surface area contributed by atoms with Crippen molar-refractivity contribution >= 4 is 5.91 Å². The Morgan fingerprint density at radius 2 is 1.55 bits per heavy atom. The fourth-order valence-electron chi connectivity index (χ4n) is 4.53. The summed E-state index contributed by atoms with van der Waals surface area (Å²) in [6, 6.07) is 28.7. The van der Waals surface area contributed by atoms with Crippen molar-refractivity contribution in [2.75, 3.05) is 0 Å². The topological polar surface area (TPSA) is 38.3 Å². The lowest BCUT2D eigenvalue weighted by Crippen LogP contribution is -2.37. The number of carbonyl (C=O) groups is 1. The van der Waals surface area contributed by atoms with Crippen LogP contribution >= 0.6 is 0 Å². The van der Waals surface area contributed by atoms with Gasteiger partial charge in [0, 0.05) is 5.92 Å². The Morgan fingerprint density at radius 1 is 0.903 bits per heavy atom. The number of nitrogens with one attached hydrogen (secondary N) is 1. The lowest BCUT2D eigenvalue weighted by Gasteiger charge is -2.32. The summed E-state index contributed by atoms with van der Waals surface area (Å²) in [5.74, 6) is 1.37. The zero-order valence-electron chi connectivity index (χ0n) is 18.2. The molecule has 31 heavy (non-hydrogen) atoms. The highest BCUT2D eigenvalue weighted by Gasteiger charge is 2.32. The normalized spacial score (nSPS) is 19.4. The van der Waals surface area contributed by atoms with Crippen molar-refractivity contribution in [3.63, 3.8) is 0 Å². The minimum atomic E-state index is 0.0220. The number of rotatable bonds is 7. The number of ether oxygens (including phenoxy) is 1. The summed E-state index contributed by atoms with van der Waals surface area (Å²) < 4.78 is 5.86. The minimum absolute atomic E-state index is 0.0220. The lowest BCUT2D eigenvalue weighted by atomic mass is 9.75. The highest BCUT2D eigenvalue weighted by atomic mass is 16.5. The third-order valence-corrected chi connectivity index (χ3v) is 6.32. The molecule has 160 valence electrons. The molecule has 1 aliphatic carbocycles. The molecular weight excluding hydrogens is 382 g/mol. The molecule has 3 aromatic rings. The summed E-state index contributed by atoms with van der Waals surface area (Å²) in [5, 5.41) is 3.26. The molecule has 3 heteroatoms. The maximum absolute atomic E-state index is 13.2. The van der Waals surface area contributed by atoms with E-state index in [1.807, 2.05) is 48.5 Å². The molecule has 0 saturated heterocycles. The van der Waals surface area contributed by atoms with Crippen LogP contribution in [0.25, 0.3) is 0 Å². The molecule has 0 aromatic heterocycles. The quantitative estimate of drug-likeness (QED) is 0.485. The molecule has 0 radical (unpaired) electrons. The van der Waals surface area contributed by atoms with Gasteiger partial charge in [0.15, 0.2) is 0 Å². The predicted molar refractivity (Wildman–Crippen MR) is 125 cm³/mol. The van der Waals surface area contributed by atoms with Gasteiger partial charge in [0.1, 0.15) is 12.4 Å². The average Bonchev–Trinajstić information content (AvgIpc) is 2.84. The van der Waals surface area contributed by atoms with Crippen molar-refractivity contribution in [3.8, 4) is 5.75 Å². The summed E-state index contributed by atoms with van der Waals surface area (Å²) in [5.41, 5.74) is 3.55. The Morgan fingerprint density at radius 3 is 2.26 bits per heavy atom. The summed E-state index contributed by atoms with van der Waals surface area (Å²) in [6.45, 7) is 2.61. The molecule has 0 spiro atoms. The first-order valence-corrected chi connectivity index (χ1v) is 11.3. The first-order chi connectivity index (χ1) is 15.2. The van der Waals surface area contributed by atoms with E-state index in [9.17, 15) is 4.79 Å². The van der Waals surface area contributed by atoms with Gasteiger partial charge in [-0.05, 0) is 54.5 Å². The number of amides is 1. The Bertz CT molecular complexity index is 953. The van der Waals surface area contributed by atoms with Gasteiger partial charge in [0.05, 0.1) is 6.04 Å². The van der Waals surface area contributed by atoms with Crippen LogP contribution in [0.2, 0.25) is 0 Å². The van der Waals surface area contributed by atoms with E-state index in [1.54, 1.807) is 0 Å². The monoisotopic (exact) mass is 413 g/mol. The second-order valence-corrected chi connectivity index (χ2v) is 8.48. The smallest absolute Gasteiger partial charge is 0.224 e. The molecule has 3 aromatic carbocycles. The van der Waals surface area contributed by atoms with Gasteiger partial charge in [-0.15, -0.1) is 0 Å². The van der Waals surface area contributed by atoms with E-state index in [0.717, 1.165) is 36.1 Å². The van der Waals surface area contributed by atoms with Gasteiger partial charge < -0.3 is 10.1 Å². The van der Waals surface area contributed by atoms with Crippen LogP contribution in [0.1, 0.15) is 61.3 Å². The molecule has 3 nitrogen and oxygen atoms in total. The second-order valence-electron chi connectivity index (χ2n) is 8.48. The van der Waals surface area contributed by atoms with Gasteiger partial charge in [-0.25, -0.2) is 0 Å². The van der Waals surface area contributed by atoms with E-state index in [0.29, 0.717) is 6.61 Å². The SMILES string of the molecule is C[C@H](NC(=O)[C@H]1CCCC[C@@H]1c1ccc(COc2ccccc2)cc1)c1ccccc1. The Labute approximate surface area is 185 Å². The van der Waals surface area contributed by atoms with Crippen LogP contribution in [0.4, 0.5) is 0 Å². The Kier molecular flexibility index (Phi) is 7.03. The Balaban J connectivity index is 1.40. The van der Waals surface area contributed by atoms with Crippen molar-refractivity contribution in [3.05, 3.63) is 102 Å². The van der Waals surface area contributed by atoms with Crippen LogP contribution in [-0.2, 0) is 11.4 Å². The highest BCUT2D eigenvalue weighted by Crippen LogP contribution is 2.38. The minimum Gasteiger partial charge on any atom is -0.489 e. The predicted octanol–water partition coefficient (Wildman–Crippen LogP) is 6.42. The molecule has 0 unspecified atom stereocenters. The molecule has 3 atom stereocenters. The molecular formula is C28H31NO2. The molecule has 0 heterocycles. The zero-order valence-corrected chi connectivity index (χ0v) is 18.2. The van der Waals surface area contributed by atoms with Crippen molar-refractivity contribution in [2.45, 2.75) is 51.2 Å². The maximum atomic E-state index is 13.2. The summed E-state index contributed by atoms with van der Waals surface area (Å²) in [6.07, 6.45) is 4.33. The number of carbonyl (C=O) groups excluding carboxylic acids is 1. The molecule has 1 amide bonds. The van der Waals surface area contributed by atoms with Crippen LogP contribution < -0.4 is 10.1 Å². The van der Waals surface area contributed by atoms with Crippen molar-refractivity contribution < 1.29 is 9.53 Å². The van der Waals surface area contributed by atoms with Gasteiger partial charge in [0.2, 0.25) is 5.91 Å². The third kappa shape index (κ3) is 5.55. The first kappa shape index (κ1) is 21.2. The second kappa shape index (κ2) is 10.3. The van der Waals surface area contributed by atoms with Crippen molar-refractivity contribution in [1.82, 2.24) is 5.32 Å². The van der Waals surface area contributed by atoms with E-state index in [4.69, 9.17) is 4.74 Å². The van der Waals surface area contributed by atoms with E-state index < -0.39 is 0 Å². The van der Waals surface area contributed by atoms with Gasteiger partial charge in [0.25, 0.3) is 0 Å². The molecule has 1 aliphatic rings. The average molecular weight is 414 g/mol. The number of hydrogen-bond acceptors (Lipinski definition) is 2. The lowest BCUT2D eigenvalue weighted by molar-refractivity contribution is -0.127. The van der Waals surface area contributed by atoms with E-state index in [1.165, 1.54) is 12.0 Å². The summed E-state index contributed by atoms with van der Waals surface area (Å²) in [4.78, 5) is 13.2. The largest absolute Gasteiger partial charge is 0.489 e. The number of para-hydroxylation sites is 1. The maximum Gasteiger partial charge on any atom is 0.224 e. The highest BCUT2D eigenvalue weighted by molar-refractivity contribution is 5.80. The number of hydrogen-bond donors (Lipinski definition) is 1. The fourth-order valence-corrected chi connectivity index (χ4v) is 4.53. The molecule has 1 saturated carbocycles. The first-order valence-electron chi connectivity index (χ1n) is 11.3. The van der Waals surface area contributed by atoms with Crippen molar-refractivity contribution in [2.24, 2.45) is 5.92 Å².